The van der Waals surface area contributed by atoms with E-state index < -0.39 is 0 Å². The molecule has 1 aromatic heterocycles. The summed E-state index contributed by atoms with van der Waals surface area (Å²) in [5.41, 5.74) is 3.04. The maximum atomic E-state index is 11.7. The summed E-state index contributed by atoms with van der Waals surface area (Å²) in [6.45, 7) is 4.53. The zero-order valence-corrected chi connectivity index (χ0v) is 12.2. The Hall–Kier alpha value is -2.23. The summed E-state index contributed by atoms with van der Waals surface area (Å²) in [6, 6.07) is 9.85. The fourth-order valence-electron chi connectivity index (χ4n) is 1.86. The van der Waals surface area contributed by atoms with Crippen molar-refractivity contribution < 1.29 is 4.79 Å². The Bertz CT molecular complexity index is 587. The van der Waals surface area contributed by atoms with Gasteiger partial charge >= 0.3 is 0 Å². The highest BCUT2D eigenvalue weighted by molar-refractivity contribution is 5.92. The lowest BCUT2D eigenvalue weighted by Gasteiger charge is -2.10. The number of aryl methyl sites for hydroxylation is 1. The lowest BCUT2D eigenvalue weighted by atomic mass is 10.2. The van der Waals surface area contributed by atoms with Gasteiger partial charge in [-0.05, 0) is 29.8 Å². The molecule has 0 saturated heterocycles. The van der Waals surface area contributed by atoms with Crippen LogP contribution in [0.5, 0.6) is 0 Å². The van der Waals surface area contributed by atoms with E-state index in [-0.39, 0.29) is 11.8 Å². The van der Waals surface area contributed by atoms with Crippen LogP contribution < -0.4 is 10.6 Å². The molecular weight excluding hydrogens is 250 g/mol. The molecule has 2 N–H and O–H groups in total. The molecule has 0 radical (unpaired) electrons. The first kappa shape index (κ1) is 14.2. The minimum absolute atomic E-state index is 0.0177. The van der Waals surface area contributed by atoms with Crippen LogP contribution in [-0.4, -0.2) is 10.5 Å². The SMILES string of the molecule is CC(C)C(=O)Nc1cccc(NCc2ccn(C)c2)c1. The third-order valence-corrected chi connectivity index (χ3v) is 3.04. The number of hydrogen-bond donors (Lipinski definition) is 2. The first-order valence-electron chi connectivity index (χ1n) is 6.80. The number of aromatic nitrogens is 1. The van der Waals surface area contributed by atoms with Crippen LogP contribution in [0, 0.1) is 5.92 Å². The quantitative estimate of drug-likeness (QED) is 0.877. The van der Waals surface area contributed by atoms with Crippen LogP contribution in [0.4, 0.5) is 11.4 Å². The molecule has 1 aromatic carbocycles. The first-order chi connectivity index (χ1) is 9.54. The Labute approximate surface area is 119 Å². The van der Waals surface area contributed by atoms with Crippen LogP contribution in [0.1, 0.15) is 19.4 Å². The van der Waals surface area contributed by atoms with Gasteiger partial charge in [0.05, 0.1) is 0 Å². The molecule has 0 fully saturated rings. The monoisotopic (exact) mass is 271 g/mol. The van der Waals surface area contributed by atoms with Crippen LogP contribution in [0.25, 0.3) is 0 Å². The Morgan fingerprint density at radius 2 is 2.00 bits per heavy atom. The second kappa shape index (κ2) is 6.28. The van der Waals surface area contributed by atoms with Crippen LogP contribution in [0.15, 0.2) is 42.7 Å². The number of benzene rings is 1. The van der Waals surface area contributed by atoms with Gasteiger partial charge in [0.15, 0.2) is 0 Å². The molecule has 0 aliphatic heterocycles. The van der Waals surface area contributed by atoms with Gasteiger partial charge in [-0.2, -0.15) is 0 Å². The van der Waals surface area contributed by atoms with Crippen molar-refractivity contribution in [2.45, 2.75) is 20.4 Å². The summed E-state index contributed by atoms with van der Waals surface area (Å²) in [5.74, 6) is 0.0149. The molecule has 0 unspecified atom stereocenters. The van der Waals surface area contributed by atoms with E-state index in [9.17, 15) is 4.79 Å². The van der Waals surface area contributed by atoms with Crippen LogP contribution in [0.3, 0.4) is 0 Å². The Balaban J connectivity index is 1.97. The molecule has 4 heteroatoms. The maximum Gasteiger partial charge on any atom is 0.226 e. The van der Waals surface area contributed by atoms with Crippen LogP contribution >= 0.6 is 0 Å². The smallest absolute Gasteiger partial charge is 0.226 e. The molecule has 1 heterocycles. The minimum atomic E-state index is -0.0177. The highest BCUT2D eigenvalue weighted by Gasteiger charge is 2.07. The van der Waals surface area contributed by atoms with Gasteiger partial charge in [-0.1, -0.05) is 19.9 Å². The molecule has 20 heavy (non-hydrogen) atoms. The summed E-state index contributed by atoms with van der Waals surface area (Å²) < 4.78 is 2.02. The molecule has 0 atom stereocenters. The van der Waals surface area contributed by atoms with Crippen LogP contribution in [-0.2, 0) is 18.4 Å². The van der Waals surface area contributed by atoms with Crippen molar-refractivity contribution in [2.75, 3.05) is 10.6 Å². The van der Waals surface area contributed by atoms with E-state index in [0.717, 1.165) is 17.9 Å². The van der Waals surface area contributed by atoms with E-state index in [1.54, 1.807) is 0 Å². The largest absolute Gasteiger partial charge is 0.381 e. The molecular formula is C16H21N3O. The Morgan fingerprint density at radius 1 is 1.25 bits per heavy atom. The third-order valence-electron chi connectivity index (χ3n) is 3.04. The Morgan fingerprint density at radius 3 is 2.65 bits per heavy atom. The third kappa shape index (κ3) is 3.88. The molecule has 0 bridgehead atoms. The van der Waals surface area contributed by atoms with E-state index in [0.29, 0.717) is 0 Å². The fraction of sp³-hybridized carbons (Fsp3) is 0.312. The number of nitrogens with one attached hydrogen (secondary N) is 2. The predicted octanol–water partition coefficient (Wildman–Crippen LogP) is 3.23. The normalized spacial score (nSPS) is 10.6. The van der Waals surface area contributed by atoms with E-state index in [1.807, 2.05) is 55.9 Å². The van der Waals surface area contributed by atoms with E-state index in [2.05, 4.69) is 22.9 Å². The summed E-state index contributed by atoms with van der Waals surface area (Å²) in [6.07, 6.45) is 4.10. The highest BCUT2D eigenvalue weighted by Crippen LogP contribution is 2.16. The van der Waals surface area contributed by atoms with E-state index >= 15 is 0 Å². The number of hydrogen-bond acceptors (Lipinski definition) is 2. The van der Waals surface area contributed by atoms with Crippen molar-refractivity contribution in [2.24, 2.45) is 13.0 Å². The summed E-state index contributed by atoms with van der Waals surface area (Å²) >= 11 is 0. The fourth-order valence-corrected chi connectivity index (χ4v) is 1.86. The van der Waals surface area contributed by atoms with Crippen molar-refractivity contribution in [3.8, 4) is 0 Å². The molecule has 1 amide bonds. The van der Waals surface area contributed by atoms with Gasteiger partial charge in [0.2, 0.25) is 5.91 Å². The van der Waals surface area contributed by atoms with Crippen molar-refractivity contribution in [3.05, 3.63) is 48.3 Å². The number of anilines is 2. The van der Waals surface area contributed by atoms with E-state index in [1.165, 1.54) is 5.56 Å². The van der Waals surface area contributed by atoms with Gasteiger partial charge in [0.1, 0.15) is 0 Å². The van der Waals surface area contributed by atoms with Crippen molar-refractivity contribution >= 4 is 17.3 Å². The first-order valence-corrected chi connectivity index (χ1v) is 6.80. The van der Waals surface area contributed by atoms with Gasteiger partial charge in [-0.25, -0.2) is 0 Å². The van der Waals surface area contributed by atoms with Crippen molar-refractivity contribution in [1.82, 2.24) is 4.57 Å². The zero-order valence-electron chi connectivity index (χ0n) is 12.2. The van der Waals surface area contributed by atoms with Crippen molar-refractivity contribution in [3.63, 3.8) is 0 Å². The topological polar surface area (TPSA) is 46.1 Å². The standard InChI is InChI=1S/C16H21N3O/c1-12(2)16(20)18-15-6-4-5-14(9-15)17-10-13-7-8-19(3)11-13/h4-9,11-12,17H,10H2,1-3H3,(H,18,20). The average Bonchev–Trinajstić information content (AvgIpc) is 2.82. The molecule has 4 nitrogen and oxygen atoms in total. The number of amides is 1. The zero-order chi connectivity index (χ0) is 14.5. The summed E-state index contributed by atoms with van der Waals surface area (Å²) in [7, 11) is 2.01. The number of carbonyl (C=O) groups is 1. The number of carbonyl (C=O) groups excluding carboxylic acids is 1. The van der Waals surface area contributed by atoms with E-state index in [4.69, 9.17) is 0 Å². The molecule has 0 aliphatic rings. The Kier molecular flexibility index (Phi) is 4.45. The van der Waals surface area contributed by atoms with Gasteiger partial charge in [-0.15, -0.1) is 0 Å². The van der Waals surface area contributed by atoms with Gasteiger partial charge in [0.25, 0.3) is 0 Å². The summed E-state index contributed by atoms with van der Waals surface area (Å²) in [5, 5.41) is 6.25. The molecule has 2 aromatic rings. The molecule has 0 saturated carbocycles. The van der Waals surface area contributed by atoms with Gasteiger partial charge in [0, 0.05) is 43.3 Å². The maximum absolute atomic E-state index is 11.7. The predicted molar refractivity (Wildman–Crippen MR) is 82.6 cm³/mol. The highest BCUT2D eigenvalue weighted by atomic mass is 16.1. The molecule has 0 aliphatic carbocycles. The molecule has 106 valence electrons. The minimum Gasteiger partial charge on any atom is -0.381 e. The lowest BCUT2D eigenvalue weighted by molar-refractivity contribution is -0.118. The average molecular weight is 271 g/mol. The van der Waals surface area contributed by atoms with Crippen LogP contribution in [0.2, 0.25) is 0 Å². The summed E-state index contributed by atoms with van der Waals surface area (Å²) in [4.78, 5) is 11.7. The van der Waals surface area contributed by atoms with Crippen molar-refractivity contribution in [1.29, 1.82) is 0 Å². The second-order valence-corrected chi connectivity index (χ2v) is 5.26. The number of rotatable bonds is 5. The second-order valence-electron chi connectivity index (χ2n) is 5.26. The van der Waals surface area contributed by atoms with Gasteiger partial charge in [-0.3, -0.25) is 4.79 Å². The number of nitrogens with zero attached hydrogens (tertiary/aromatic N) is 1. The molecule has 2 rings (SSSR count). The van der Waals surface area contributed by atoms with Gasteiger partial charge < -0.3 is 15.2 Å². The lowest BCUT2D eigenvalue weighted by Crippen LogP contribution is -2.17. The molecule has 0 spiro atoms.